The minimum Gasteiger partial charge on any atom is -0.387 e. The lowest BCUT2D eigenvalue weighted by Crippen LogP contribution is -2.43. The summed E-state index contributed by atoms with van der Waals surface area (Å²) in [5, 5.41) is 13.6. The molecule has 1 aliphatic carbocycles. The van der Waals surface area contributed by atoms with Crippen molar-refractivity contribution in [3.8, 4) is 0 Å². The number of nitrogens with one attached hydrogen (secondary N) is 2. The fourth-order valence-corrected chi connectivity index (χ4v) is 2.38. The van der Waals surface area contributed by atoms with E-state index in [2.05, 4.69) is 20.7 Å². The average Bonchev–Trinajstić information content (AvgIpc) is 3.20. The third-order valence-corrected chi connectivity index (χ3v) is 3.54. The zero-order chi connectivity index (χ0) is 15.6. The van der Waals surface area contributed by atoms with Gasteiger partial charge in [-0.25, -0.2) is 15.8 Å². The van der Waals surface area contributed by atoms with Gasteiger partial charge in [-0.05, 0) is 40.8 Å². The maximum Gasteiger partial charge on any atom is 0.148 e. The lowest BCUT2D eigenvalue weighted by Gasteiger charge is -2.27. The molecule has 2 rings (SSSR count). The van der Waals surface area contributed by atoms with Gasteiger partial charge in [0.1, 0.15) is 17.5 Å². The number of aliphatic hydroxyl groups is 1. The van der Waals surface area contributed by atoms with Crippen molar-refractivity contribution >= 4 is 11.6 Å². The number of rotatable bonds is 7. The molecule has 5 N–H and O–H groups in total. The molecule has 0 aliphatic heterocycles. The second-order valence-electron chi connectivity index (χ2n) is 6.41. The van der Waals surface area contributed by atoms with Crippen molar-refractivity contribution in [1.29, 1.82) is 0 Å². The maximum absolute atomic E-state index is 10.4. The molecule has 0 bridgehead atoms. The highest BCUT2D eigenvalue weighted by molar-refractivity contribution is 5.57. The largest absolute Gasteiger partial charge is 0.387 e. The molecule has 0 saturated heterocycles. The van der Waals surface area contributed by atoms with Crippen LogP contribution in [0.25, 0.3) is 0 Å². The van der Waals surface area contributed by atoms with Crippen LogP contribution in [-0.2, 0) is 0 Å². The van der Waals surface area contributed by atoms with Gasteiger partial charge in [-0.3, -0.25) is 0 Å². The third kappa shape index (κ3) is 4.26. The number of aromatic nitrogens is 2. The Bertz CT molecular complexity index is 498. The molecule has 1 heterocycles. The molecule has 0 amide bonds. The summed E-state index contributed by atoms with van der Waals surface area (Å²) >= 11 is 0. The lowest BCUT2D eigenvalue weighted by molar-refractivity contribution is 0.0459. The summed E-state index contributed by atoms with van der Waals surface area (Å²) in [7, 11) is 3.87. The summed E-state index contributed by atoms with van der Waals surface area (Å²) in [5.74, 6) is 8.18. The van der Waals surface area contributed by atoms with E-state index in [1.165, 1.54) is 0 Å². The minimum absolute atomic E-state index is 0.414. The molecule has 1 unspecified atom stereocenters. The fourth-order valence-electron chi connectivity index (χ4n) is 2.38. The van der Waals surface area contributed by atoms with Crippen LogP contribution in [0, 0.1) is 6.92 Å². The standard InChI is InChI=1S/C14H26N6O/c1-9-11(16-7-14(2,21)8-20(3)4)17-13(10-5-6-10)18-12(9)19-15/h10,21H,5-8,15H2,1-4H3,(H2,16,17,18,19). The number of nitrogens with two attached hydrogens (primary N) is 1. The number of hydrogen-bond donors (Lipinski definition) is 4. The summed E-state index contributed by atoms with van der Waals surface area (Å²) in [4.78, 5) is 11.0. The molecule has 1 atom stereocenters. The average molecular weight is 294 g/mol. The Balaban J connectivity index is 2.13. The summed E-state index contributed by atoms with van der Waals surface area (Å²) < 4.78 is 0. The summed E-state index contributed by atoms with van der Waals surface area (Å²) in [6.07, 6.45) is 2.26. The summed E-state index contributed by atoms with van der Waals surface area (Å²) in [6.45, 7) is 4.70. The number of anilines is 2. The Kier molecular flexibility index (Phi) is 4.65. The van der Waals surface area contributed by atoms with Crippen LogP contribution >= 0.6 is 0 Å². The zero-order valence-corrected chi connectivity index (χ0v) is 13.3. The normalized spacial score (nSPS) is 17.7. The first kappa shape index (κ1) is 15.9. The lowest BCUT2D eigenvalue weighted by atomic mass is 10.1. The molecule has 1 aliphatic rings. The van der Waals surface area contributed by atoms with Gasteiger partial charge in [0.05, 0.1) is 5.60 Å². The number of hydrogen-bond acceptors (Lipinski definition) is 7. The SMILES string of the molecule is Cc1c(NN)nc(C2CC2)nc1NCC(C)(O)CN(C)C. The second kappa shape index (κ2) is 6.13. The topological polar surface area (TPSA) is 99.3 Å². The van der Waals surface area contributed by atoms with E-state index in [9.17, 15) is 5.11 Å². The molecule has 7 heteroatoms. The van der Waals surface area contributed by atoms with Crippen molar-refractivity contribution in [2.75, 3.05) is 37.9 Å². The highest BCUT2D eigenvalue weighted by Gasteiger charge is 2.28. The van der Waals surface area contributed by atoms with Crippen molar-refractivity contribution in [2.24, 2.45) is 5.84 Å². The molecular weight excluding hydrogens is 268 g/mol. The molecule has 1 aromatic heterocycles. The second-order valence-corrected chi connectivity index (χ2v) is 6.41. The first-order chi connectivity index (χ1) is 9.82. The van der Waals surface area contributed by atoms with Crippen molar-refractivity contribution in [1.82, 2.24) is 14.9 Å². The Hall–Kier alpha value is -1.44. The van der Waals surface area contributed by atoms with Gasteiger partial charge in [0, 0.05) is 24.6 Å². The van der Waals surface area contributed by atoms with Gasteiger partial charge in [-0.2, -0.15) is 0 Å². The van der Waals surface area contributed by atoms with E-state index in [0.717, 1.165) is 30.0 Å². The van der Waals surface area contributed by atoms with Crippen molar-refractivity contribution in [3.63, 3.8) is 0 Å². The van der Waals surface area contributed by atoms with Gasteiger partial charge >= 0.3 is 0 Å². The molecular formula is C14H26N6O. The van der Waals surface area contributed by atoms with Crippen molar-refractivity contribution < 1.29 is 5.11 Å². The van der Waals surface area contributed by atoms with Crippen LogP contribution < -0.4 is 16.6 Å². The quantitative estimate of drug-likeness (QED) is 0.433. The molecule has 7 nitrogen and oxygen atoms in total. The maximum atomic E-state index is 10.4. The van der Waals surface area contributed by atoms with Gasteiger partial charge in [0.15, 0.2) is 0 Å². The fraction of sp³-hybridized carbons (Fsp3) is 0.714. The number of likely N-dealkylation sites (N-methyl/N-ethyl adjacent to an activating group) is 1. The molecule has 0 spiro atoms. The molecule has 1 fully saturated rings. The number of hydrazine groups is 1. The Morgan fingerprint density at radius 3 is 2.48 bits per heavy atom. The van der Waals surface area contributed by atoms with Gasteiger partial charge in [0.2, 0.25) is 0 Å². The Labute approximate surface area is 125 Å². The molecule has 0 aromatic carbocycles. The van der Waals surface area contributed by atoms with Crippen LogP contribution in [-0.4, -0.2) is 52.8 Å². The molecule has 1 aromatic rings. The van der Waals surface area contributed by atoms with E-state index < -0.39 is 5.60 Å². The zero-order valence-electron chi connectivity index (χ0n) is 13.3. The Morgan fingerprint density at radius 2 is 1.95 bits per heavy atom. The van der Waals surface area contributed by atoms with Crippen LogP contribution in [0.5, 0.6) is 0 Å². The van der Waals surface area contributed by atoms with E-state index in [0.29, 0.717) is 24.8 Å². The van der Waals surface area contributed by atoms with E-state index in [4.69, 9.17) is 5.84 Å². The predicted molar refractivity (Wildman–Crippen MR) is 84.2 cm³/mol. The molecule has 1 saturated carbocycles. The molecule has 118 valence electrons. The number of nitrogen functional groups attached to an aromatic ring is 1. The predicted octanol–water partition coefficient (Wildman–Crippen LogP) is 0.673. The Morgan fingerprint density at radius 1 is 1.33 bits per heavy atom. The summed E-state index contributed by atoms with van der Waals surface area (Å²) in [6, 6.07) is 0. The van der Waals surface area contributed by atoms with Gasteiger partial charge in [-0.15, -0.1) is 0 Å². The van der Waals surface area contributed by atoms with Crippen LogP contribution in [0.4, 0.5) is 11.6 Å². The minimum atomic E-state index is -0.836. The van der Waals surface area contributed by atoms with Crippen LogP contribution in [0.1, 0.15) is 37.1 Å². The van der Waals surface area contributed by atoms with E-state index >= 15 is 0 Å². The van der Waals surface area contributed by atoms with Gasteiger partial charge < -0.3 is 20.7 Å². The molecule has 0 radical (unpaired) electrons. The van der Waals surface area contributed by atoms with E-state index in [-0.39, 0.29) is 0 Å². The van der Waals surface area contributed by atoms with Crippen molar-refractivity contribution in [2.45, 2.75) is 38.2 Å². The number of nitrogens with zero attached hydrogens (tertiary/aromatic N) is 3. The highest BCUT2D eigenvalue weighted by Crippen LogP contribution is 2.39. The summed E-state index contributed by atoms with van der Waals surface area (Å²) in [5.41, 5.74) is 2.65. The van der Waals surface area contributed by atoms with Gasteiger partial charge in [0.25, 0.3) is 0 Å². The molecule has 21 heavy (non-hydrogen) atoms. The third-order valence-electron chi connectivity index (χ3n) is 3.54. The first-order valence-corrected chi connectivity index (χ1v) is 7.28. The van der Waals surface area contributed by atoms with E-state index in [1.807, 2.05) is 25.9 Å². The smallest absolute Gasteiger partial charge is 0.148 e. The van der Waals surface area contributed by atoms with Gasteiger partial charge in [-0.1, -0.05) is 0 Å². The first-order valence-electron chi connectivity index (χ1n) is 7.28. The van der Waals surface area contributed by atoms with Crippen molar-refractivity contribution in [3.05, 3.63) is 11.4 Å². The van der Waals surface area contributed by atoms with Crippen LogP contribution in [0.3, 0.4) is 0 Å². The van der Waals surface area contributed by atoms with Crippen LogP contribution in [0.15, 0.2) is 0 Å². The van der Waals surface area contributed by atoms with E-state index in [1.54, 1.807) is 6.92 Å². The highest BCUT2D eigenvalue weighted by atomic mass is 16.3. The monoisotopic (exact) mass is 294 g/mol. The van der Waals surface area contributed by atoms with Crippen LogP contribution in [0.2, 0.25) is 0 Å².